The van der Waals surface area contributed by atoms with Gasteiger partial charge in [-0.25, -0.2) is 49.8 Å². The Bertz CT molecular complexity index is 6300. The number of rotatable bonds is 9. The number of benzene rings is 9. The van der Waals surface area contributed by atoms with E-state index in [9.17, 15) is 0 Å². The van der Waals surface area contributed by atoms with E-state index in [1.807, 2.05) is 48.8 Å². The van der Waals surface area contributed by atoms with Gasteiger partial charge in [0.05, 0.1) is 66.9 Å². The summed E-state index contributed by atoms with van der Waals surface area (Å²) in [5.41, 5.74) is 23.5. The SMILES string of the molecule is c1ccc(-c2ccc3ccc4ccc(-c5ccc(-c6ccc7cc(-c8ccc9ccc(-c%10ncccn%10)nc9c8)ccc7n6)cc5)nc4c3n2)cc1.c1cnc(-c2ccc3ccc(-c4ccc5nc(-c6ccc(-c7ccnc8c7ccc7cccnc78)cc6)ccc5c4)cc3n2)nc1. The smallest absolute Gasteiger partial charge is 0.178 e. The summed E-state index contributed by atoms with van der Waals surface area (Å²) in [5.74, 6) is 1.24. The van der Waals surface area contributed by atoms with E-state index >= 15 is 0 Å². The summed E-state index contributed by atoms with van der Waals surface area (Å²) in [7, 11) is 0. The van der Waals surface area contributed by atoms with Crippen LogP contribution in [0, 0.1) is 0 Å². The molecule has 98 heavy (non-hydrogen) atoms. The highest BCUT2D eigenvalue weighted by molar-refractivity contribution is 6.08. The predicted octanol–water partition coefficient (Wildman–Crippen LogP) is 20.3. The standard InChI is InChI=1S/C46H28N6.C40H24N6/c1-2-5-29(6-3-1)39-20-16-33-12-13-34-17-21-40(52-45(34)44(33)51-39)31-9-7-30(8-10-31)38-23-19-37-27-35(18-22-41(37)49-38)36-14-11-32-15-24-42(50-43(32)28-36)46-47-25-4-26-48-46;1-3-28-10-14-33-32(18-22-42-39(33)38(28)41-19-1)25-4-6-26(7-5-25)34-16-13-31-23-29(12-15-35(31)45-34)30-9-8-27-11-17-36(46-37(27)24-30)40-43-20-2-21-44-40/h1-28H;1-24H. The third-order valence-electron chi connectivity index (χ3n) is 18.1. The van der Waals surface area contributed by atoms with Crippen LogP contribution < -0.4 is 0 Å². The second-order valence-corrected chi connectivity index (χ2v) is 24.1. The fraction of sp³-hybridized carbons (Fsp3) is 0. The van der Waals surface area contributed by atoms with Crippen LogP contribution in [0.2, 0.25) is 0 Å². The highest BCUT2D eigenvalue weighted by Gasteiger charge is 2.15. The van der Waals surface area contributed by atoms with Crippen LogP contribution in [0.25, 0.3) is 189 Å². The van der Waals surface area contributed by atoms with Gasteiger partial charge in [-0.1, -0.05) is 182 Å². The maximum absolute atomic E-state index is 5.13. The quantitative estimate of drug-likeness (QED) is 0.126. The first-order valence-electron chi connectivity index (χ1n) is 32.3. The molecular formula is C86H52N12. The molecule has 0 radical (unpaired) electrons. The molecule has 10 aromatic heterocycles. The Kier molecular flexibility index (Phi) is 14.2. The third-order valence-corrected chi connectivity index (χ3v) is 18.1. The molecule has 0 saturated carbocycles. The van der Waals surface area contributed by atoms with Crippen molar-refractivity contribution in [2.45, 2.75) is 0 Å². The summed E-state index contributed by atoms with van der Waals surface area (Å²) in [4.78, 5) is 56.6. The molecule has 0 amide bonds. The molecule has 0 aliphatic carbocycles. The van der Waals surface area contributed by atoms with E-state index < -0.39 is 0 Å². The molecule has 0 spiro atoms. The number of aromatic nitrogens is 12. The van der Waals surface area contributed by atoms with Gasteiger partial charge in [0.25, 0.3) is 0 Å². The molecule has 0 N–H and O–H groups in total. The van der Waals surface area contributed by atoms with E-state index in [2.05, 4.69) is 260 Å². The molecule has 0 unspecified atom stereocenters. The van der Waals surface area contributed by atoms with Gasteiger partial charge >= 0.3 is 0 Å². The molecule has 12 heteroatoms. The maximum atomic E-state index is 5.13. The average molecular weight is 1250 g/mol. The Morgan fingerprint density at radius 1 is 0.173 bits per heavy atom. The van der Waals surface area contributed by atoms with Gasteiger partial charge in [-0.3, -0.25) is 9.97 Å². The van der Waals surface area contributed by atoms with Crippen molar-refractivity contribution in [2.24, 2.45) is 0 Å². The fourth-order valence-corrected chi connectivity index (χ4v) is 13.0. The minimum Gasteiger partial charge on any atom is -0.254 e. The van der Waals surface area contributed by atoms with Crippen LogP contribution in [0.15, 0.2) is 316 Å². The number of nitrogens with zero attached hydrogens (tertiary/aromatic N) is 12. The van der Waals surface area contributed by atoms with Gasteiger partial charge in [-0.2, -0.15) is 0 Å². The van der Waals surface area contributed by atoms with Crippen LogP contribution in [-0.4, -0.2) is 59.8 Å². The van der Waals surface area contributed by atoms with Gasteiger partial charge in [0.15, 0.2) is 11.6 Å². The van der Waals surface area contributed by atoms with Crippen LogP contribution in [0.4, 0.5) is 0 Å². The monoisotopic (exact) mass is 1250 g/mol. The zero-order valence-corrected chi connectivity index (χ0v) is 52.4. The molecule has 19 rings (SSSR count). The van der Waals surface area contributed by atoms with Crippen molar-refractivity contribution < 1.29 is 0 Å². The van der Waals surface area contributed by atoms with E-state index in [1.54, 1.807) is 36.9 Å². The second kappa shape index (κ2) is 24.4. The first-order chi connectivity index (χ1) is 48.5. The molecule has 0 aliphatic heterocycles. The van der Waals surface area contributed by atoms with E-state index in [1.165, 1.54) is 0 Å². The summed E-state index contributed by atoms with van der Waals surface area (Å²) >= 11 is 0. The van der Waals surface area contributed by atoms with Gasteiger partial charge in [0.1, 0.15) is 11.4 Å². The van der Waals surface area contributed by atoms with E-state index in [0.717, 1.165) is 177 Å². The average Bonchev–Trinajstić information content (AvgIpc) is 0.788. The van der Waals surface area contributed by atoms with Crippen LogP contribution in [0.5, 0.6) is 0 Å². The number of hydrogen-bond acceptors (Lipinski definition) is 12. The zero-order chi connectivity index (χ0) is 64.9. The van der Waals surface area contributed by atoms with Gasteiger partial charge in [0.2, 0.25) is 0 Å². The van der Waals surface area contributed by atoms with Crippen LogP contribution in [0.3, 0.4) is 0 Å². The molecule has 9 aromatic carbocycles. The van der Waals surface area contributed by atoms with Crippen molar-refractivity contribution >= 4 is 87.2 Å². The molecule has 0 saturated heterocycles. The molecule has 0 atom stereocenters. The first-order valence-corrected chi connectivity index (χ1v) is 32.3. The fourth-order valence-electron chi connectivity index (χ4n) is 13.0. The molecule has 456 valence electrons. The molecule has 12 nitrogen and oxygen atoms in total. The lowest BCUT2D eigenvalue weighted by molar-refractivity contribution is 1.15. The first kappa shape index (κ1) is 57.1. The Balaban J connectivity index is 0.000000143. The predicted molar refractivity (Wildman–Crippen MR) is 395 cm³/mol. The lowest BCUT2D eigenvalue weighted by Crippen LogP contribution is -1.91. The second-order valence-electron chi connectivity index (χ2n) is 24.1. The third kappa shape index (κ3) is 10.9. The van der Waals surface area contributed by atoms with Crippen molar-refractivity contribution in [2.75, 3.05) is 0 Å². The Labute approximate surface area is 561 Å². The van der Waals surface area contributed by atoms with Crippen molar-refractivity contribution in [1.29, 1.82) is 0 Å². The molecule has 0 bridgehead atoms. The van der Waals surface area contributed by atoms with Gasteiger partial charge < -0.3 is 0 Å². The highest BCUT2D eigenvalue weighted by Crippen LogP contribution is 2.36. The summed E-state index contributed by atoms with van der Waals surface area (Å²) in [6.07, 6.45) is 10.6. The van der Waals surface area contributed by atoms with Gasteiger partial charge in [0, 0.05) is 103 Å². The minimum absolute atomic E-state index is 0.617. The van der Waals surface area contributed by atoms with Gasteiger partial charge in [-0.15, -0.1) is 0 Å². The van der Waals surface area contributed by atoms with Crippen molar-refractivity contribution in [3.63, 3.8) is 0 Å². The Morgan fingerprint density at radius 2 is 0.541 bits per heavy atom. The molecule has 0 aliphatic rings. The maximum Gasteiger partial charge on any atom is 0.178 e. The number of fused-ring (bicyclic) bond motifs is 10. The summed E-state index contributed by atoms with van der Waals surface area (Å²) in [5, 5.41) is 8.63. The number of hydrogen-bond donors (Lipinski definition) is 0. The minimum atomic E-state index is 0.617. The van der Waals surface area contributed by atoms with E-state index in [4.69, 9.17) is 29.9 Å². The van der Waals surface area contributed by atoms with Crippen LogP contribution >= 0.6 is 0 Å². The molecular weight excluding hydrogens is 1200 g/mol. The molecule has 10 heterocycles. The van der Waals surface area contributed by atoms with Crippen LogP contribution in [-0.2, 0) is 0 Å². The summed E-state index contributed by atoms with van der Waals surface area (Å²) in [6, 6.07) is 96.0. The Morgan fingerprint density at radius 3 is 1.07 bits per heavy atom. The summed E-state index contributed by atoms with van der Waals surface area (Å²) in [6.45, 7) is 0. The summed E-state index contributed by atoms with van der Waals surface area (Å²) < 4.78 is 0. The zero-order valence-electron chi connectivity index (χ0n) is 52.4. The van der Waals surface area contributed by atoms with E-state index in [0.29, 0.717) is 11.6 Å². The van der Waals surface area contributed by atoms with Crippen LogP contribution in [0.1, 0.15) is 0 Å². The Hall–Kier alpha value is -13.6. The largest absolute Gasteiger partial charge is 0.254 e. The molecule has 19 aromatic rings. The topological polar surface area (TPSA) is 155 Å². The molecule has 0 fully saturated rings. The normalized spacial score (nSPS) is 11.5. The lowest BCUT2D eigenvalue weighted by Gasteiger charge is -2.10. The number of pyridine rings is 8. The van der Waals surface area contributed by atoms with Crippen molar-refractivity contribution in [3.05, 3.63) is 316 Å². The van der Waals surface area contributed by atoms with Crippen molar-refractivity contribution in [3.8, 4) is 101 Å². The lowest BCUT2D eigenvalue weighted by atomic mass is 9.98. The van der Waals surface area contributed by atoms with Crippen molar-refractivity contribution in [1.82, 2.24) is 59.8 Å². The van der Waals surface area contributed by atoms with E-state index in [-0.39, 0.29) is 0 Å². The highest BCUT2D eigenvalue weighted by atomic mass is 14.9. The van der Waals surface area contributed by atoms with Gasteiger partial charge in [-0.05, 0) is 130 Å².